The highest BCUT2D eigenvalue weighted by molar-refractivity contribution is 5.89. The third kappa shape index (κ3) is 7.68. The third-order valence-electron chi connectivity index (χ3n) is 6.11. The molecular weight excluding hydrogens is 400 g/mol. The van der Waals surface area contributed by atoms with E-state index in [1.807, 2.05) is 0 Å². The fraction of sp³-hybridized carbons (Fsp3) is 0.810. The molecule has 10 nitrogen and oxygen atoms in total. The van der Waals surface area contributed by atoms with Gasteiger partial charge in [-0.05, 0) is 38.6 Å². The number of unbranched alkanes of at least 4 members (excludes halogenated alkanes) is 1. The first-order valence-corrected chi connectivity index (χ1v) is 11.3. The molecule has 176 valence electrons. The first-order chi connectivity index (χ1) is 14.7. The van der Waals surface area contributed by atoms with Crippen molar-refractivity contribution in [2.45, 2.75) is 76.4 Å². The van der Waals surface area contributed by atoms with Gasteiger partial charge >= 0.3 is 5.97 Å². The van der Waals surface area contributed by atoms with Crippen LogP contribution in [-0.2, 0) is 14.4 Å². The molecule has 2 amide bonds. The zero-order valence-electron chi connectivity index (χ0n) is 18.8. The largest absolute Gasteiger partial charge is 0.481 e. The lowest BCUT2D eigenvalue weighted by Crippen LogP contribution is -2.54. The van der Waals surface area contributed by atoms with E-state index in [4.69, 9.17) is 16.2 Å². The number of aliphatic carboxylic acids is 1. The predicted octanol–water partition coefficient (Wildman–Crippen LogP) is 0.417. The van der Waals surface area contributed by atoms with Crippen LogP contribution in [0.2, 0.25) is 0 Å². The fourth-order valence-corrected chi connectivity index (χ4v) is 3.99. The lowest BCUT2D eigenvalue weighted by atomic mass is 10.0. The van der Waals surface area contributed by atoms with Gasteiger partial charge in [0.15, 0.2) is 5.96 Å². The molecule has 2 rings (SSSR count). The van der Waals surface area contributed by atoms with Gasteiger partial charge < -0.3 is 30.9 Å². The van der Waals surface area contributed by atoms with E-state index >= 15 is 0 Å². The number of piperidine rings is 1. The van der Waals surface area contributed by atoms with Crippen LogP contribution in [0.3, 0.4) is 0 Å². The van der Waals surface area contributed by atoms with Crippen molar-refractivity contribution in [3.63, 3.8) is 0 Å². The van der Waals surface area contributed by atoms with E-state index in [0.29, 0.717) is 19.6 Å². The van der Waals surface area contributed by atoms with Crippen LogP contribution in [0.15, 0.2) is 0 Å². The van der Waals surface area contributed by atoms with Gasteiger partial charge in [0.25, 0.3) is 0 Å². The Labute approximate surface area is 184 Å². The topological polar surface area (TPSA) is 143 Å². The van der Waals surface area contributed by atoms with Crippen molar-refractivity contribution in [3.8, 4) is 0 Å². The highest BCUT2D eigenvalue weighted by Gasteiger charge is 2.37. The van der Waals surface area contributed by atoms with Gasteiger partial charge in [0.05, 0.1) is 18.9 Å². The molecule has 1 heterocycles. The second kappa shape index (κ2) is 11.9. The zero-order chi connectivity index (χ0) is 23.0. The molecule has 0 radical (unpaired) electrons. The number of carboxylic acids is 1. The summed E-state index contributed by atoms with van der Waals surface area (Å²) in [5.74, 6) is -1.24. The summed E-state index contributed by atoms with van der Waals surface area (Å²) in [6, 6.07) is -0.635. The van der Waals surface area contributed by atoms with E-state index in [2.05, 4.69) is 12.2 Å². The molecule has 1 aliphatic heterocycles. The molecule has 5 N–H and O–H groups in total. The van der Waals surface area contributed by atoms with Gasteiger partial charge in [0, 0.05) is 38.8 Å². The number of hydrogen-bond acceptors (Lipinski definition) is 5. The maximum atomic E-state index is 13.3. The number of nitrogens with zero attached hydrogens (tertiary/aromatic N) is 3. The summed E-state index contributed by atoms with van der Waals surface area (Å²) in [6.45, 7) is 4.10. The standard InChI is InChI=1S/C21H38N6O4/c1-3-4-10-24-17(20(31)27(15-7-8-15)12-9-19(29)30)13-18(28)25(2)16-6-5-11-26(14-16)21(22)23/h15-17,24H,3-14H2,1-2H3,(H3,22,23)(H,29,30)/t16-,17-/m0/s1. The molecule has 2 aliphatic rings. The predicted molar refractivity (Wildman–Crippen MR) is 118 cm³/mol. The Balaban J connectivity index is 2.04. The van der Waals surface area contributed by atoms with Crippen LogP contribution in [0.1, 0.15) is 58.3 Å². The molecule has 0 bridgehead atoms. The van der Waals surface area contributed by atoms with E-state index in [9.17, 15) is 14.4 Å². The van der Waals surface area contributed by atoms with Crippen molar-refractivity contribution in [1.82, 2.24) is 20.0 Å². The molecular formula is C21H38N6O4. The summed E-state index contributed by atoms with van der Waals surface area (Å²) in [6.07, 6.45) is 5.24. The molecule has 31 heavy (non-hydrogen) atoms. The number of amides is 2. The van der Waals surface area contributed by atoms with Gasteiger partial charge in [0.2, 0.25) is 11.8 Å². The van der Waals surface area contributed by atoms with Crippen LogP contribution in [-0.4, -0.2) is 94.9 Å². The van der Waals surface area contributed by atoms with Crippen LogP contribution >= 0.6 is 0 Å². The summed E-state index contributed by atoms with van der Waals surface area (Å²) in [5.41, 5.74) is 5.62. The van der Waals surface area contributed by atoms with Gasteiger partial charge in [-0.25, -0.2) is 0 Å². The number of carboxylic acid groups (broad SMARTS) is 1. The second-order valence-corrected chi connectivity index (χ2v) is 8.60. The zero-order valence-corrected chi connectivity index (χ0v) is 18.8. The number of carbonyl (C=O) groups is 3. The molecule has 1 saturated carbocycles. The molecule has 2 fully saturated rings. The Morgan fingerprint density at radius 3 is 2.55 bits per heavy atom. The van der Waals surface area contributed by atoms with E-state index in [0.717, 1.165) is 38.5 Å². The van der Waals surface area contributed by atoms with E-state index in [-0.39, 0.29) is 49.2 Å². The number of nitrogens with one attached hydrogen (secondary N) is 2. The Morgan fingerprint density at radius 1 is 1.26 bits per heavy atom. The van der Waals surface area contributed by atoms with Gasteiger partial charge in [-0.3, -0.25) is 19.8 Å². The van der Waals surface area contributed by atoms with Crippen LogP contribution < -0.4 is 11.1 Å². The SMILES string of the molecule is CCCCN[C@@H](CC(=O)N(C)[C@H]1CCCN(C(=N)N)C1)C(=O)N(CCC(=O)O)C1CC1. The summed E-state index contributed by atoms with van der Waals surface area (Å²) in [4.78, 5) is 42.4. The fourth-order valence-electron chi connectivity index (χ4n) is 3.99. The number of guanidine groups is 1. The Hall–Kier alpha value is -2.36. The van der Waals surface area contributed by atoms with Crippen molar-refractivity contribution < 1.29 is 19.5 Å². The van der Waals surface area contributed by atoms with Crippen molar-refractivity contribution in [3.05, 3.63) is 0 Å². The highest BCUT2D eigenvalue weighted by atomic mass is 16.4. The van der Waals surface area contributed by atoms with Crippen molar-refractivity contribution in [2.75, 3.05) is 33.2 Å². The lowest BCUT2D eigenvalue weighted by molar-refractivity contribution is -0.142. The van der Waals surface area contributed by atoms with Crippen LogP contribution in [0.25, 0.3) is 0 Å². The molecule has 1 saturated heterocycles. The van der Waals surface area contributed by atoms with E-state index in [1.54, 1.807) is 21.7 Å². The van der Waals surface area contributed by atoms with Crippen LogP contribution in [0.4, 0.5) is 0 Å². The molecule has 0 spiro atoms. The molecule has 0 aromatic heterocycles. The number of carbonyl (C=O) groups excluding carboxylic acids is 2. The van der Waals surface area contributed by atoms with Gasteiger partial charge in [-0.15, -0.1) is 0 Å². The Kier molecular flexibility index (Phi) is 9.54. The molecule has 0 aromatic rings. The minimum absolute atomic E-state index is 0.0124. The number of rotatable bonds is 12. The normalized spacial score (nSPS) is 19.5. The van der Waals surface area contributed by atoms with Crippen LogP contribution in [0.5, 0.6) is 0 Å². The number of nitrogens with two attached hydrogens (primary N) is 1. The van der Waals surface area contributed by atoms with E-state index in [1.165, 1.54) is 0 Å². The maximum absolute atomic E-state index is 13.3. The molecule has 1 aliphatic carbocycles. The third-order valence-corrected chi connectivity index (χ3v) is 6.11. The smallest absolute Gasteiger partial charge is 0.305 e. The van der Waals surface area contributed by atoms with Gasteiger partial charge in [0.1, 0.15) is 0 Å². The average molecular weight is 439 g/mol. The highest BCUT2D eigenvalue weighted by Crippen LogP contribution is 2.28. The number of hydrogen-bond donors (Lipinski definition) is 4. The number of likely N-dealkylation sites (N-methyl/N-ethyl adjacent to an activating group) is 1. The monoisotopic (exact) mass is 438 g/mol. The summed E-state index contributed by atoms with van der Waals surface area (Å²) in [7, 11) is 1.74. The quantitative estimate of drug-likeness (QED) is 0.196. The van der Waals surface area contributed by atoms with E-state index < -0.39 is 12.0 Å². The minimum atomic E-state index is -0.933. The summed E-state index contributed by atoms with van der Waals surface area (Å²) < 4.78 is 0. The van der Waals surface area contributed by atoms with Crippen molar-refractivity contribution >= 4 is 23.7 Å². The number of likely N-dealkylation sites (tertiary alicyclic amines) is 1. The van der Waals surface area contributed by atoms with Crippen LogP contribution in [0, 0.1) is 5.41 Å². The minimum Gasteiger partial charge on any atom is -0.481 e. The average Bonchev–Trinajstić information content (AvgIpc) is 3.57. The van der Waals surface area contributed by atoms with Crippen molar-refractivity contribution in [1.29, 1.82) is 5.41 Å². The molecule has 10 heteroatoms. The summed E-state index contributed by atoms with van der Waals surface area (Å²) >= 11 is 0. The Morgan fingerprint density at radius 2 is 1.97 bits per heavy atom. The maximum Gasteiger partial charge on any atom is 0.305 e. The van der Waals surface area contributed by atoms with Crippen molar-refractivity contribution in [2.24, 2.45) is 5.73 Å². The Bertz CT molecular complexity index is 654. The van der Waals surface area contributed by atoms with Gasteiger partial charge in [-0.1, -0.05) is 13.3 Å². The summed E-state index contributed by atoms with van der Waals surface area (Å²) in [5, 5.41) is 19.9. The molecule has 2 atom stereocenters. The molecule has 0 aromatic carbocycles. The lowest BCUT2D eigenvalue weighted by Gasteiger charge is -2.38. The van der Waals surface area contributed by atoms with Gasteiger partial charge in [-0.2, -0.15) is 0 Å². The second-order valence-electron chi connectivity index (χ2n) is 8.60. The first kappa shape index (κ1) is 24.9. The molecule has 0 unspecified atom stereocenters. The first-order valence-electron chi connectivity index (χ1n) is 11.3.